The SMILES string of the molecule is COc1ccc(CC(=O)NC=N)cc1OC. The number of hydrogen-bond acceptors (Lipinski definition) is 4. The minimum Gasteiger partial charge on any atom is -0.493 e. The quantitative estimate of drug-likeness (QED) is 0.576. The van der Waals surface area contributed by atoms with Crippen LogP contribution in [-0.4, -0.2) is 26.5 Å². The Morgan fingerprint density at radius 1 is 1.38 bits per heavy atom. The number of hydrogen-bond donors (Lipinski definition) is 2. The second-order valence-corrected chi connectivity index (χ2v) is 3.08. The van der Waals surface area contributed by atoms with Crippen molar-refractivity contribution in [2.24, 2.45) is 0 Å². The van der Waals surface area contributed by atoms with Crippen LogP contribution in [-0.2, 0) is 11.2 Å². The summed E-state index contributed by atoms with van der Waals surface area (Å²) in [6.45, 7) is 0. The highest BCUT2D eigenvalue weighted by molar-refractivity contribution is 5.88. The fourth-order valence-electron chi connectivity index (χ4n) is 1.31. The molecule has 0 unspecified atom stereocenters. The molecular formula is C11H14N2O3. The van der Waals surface area contributed by atoms with E-state index in [-0.39, 0.29) is 12.3 Å². The van der Waals surface area contributed by atoms with Gasteiger partial charge in [-0.05, 0) is 17.7 Å². The fourth-order valence-corrected chi connectivity index (χ4v) is 1.31. The van der Waals surface area contributed by atoms with Crippen LogP contribution in [0.1, 0.15) is 5.56 Å². The topological polar surface area (TPSA) is 71.4 Å². The molecule has 5 heteroatoms. The first-order valence-corrected chi connectivity index (χ1v) is 4.70. The summed E-state index contributed by atoms with van der Waals surface area (Å²) in [6, 6.07) is 5.26. The van der Waals surface area contributed by atoms with Crippen LogP contribution in [0.2, 0.25) is 0 Å². The first kappa shape index (κ1) is 12.0. The minimum absolute atomic E-state index is 0.204. The number of carbonyl (C=O) groups excluding carboxylic acids is 1. The molecule has 0 radical (unpaired) electrons. The molecule has 2 N–H and O–H groups in total. The maximum absolute atomic E-state index is 11.2. The molecule has 1 amide bonds. The predicted molar refractivity (Wildman–Crippen MR) is 60.2 cm³/mol. The Bertz CT molecular complexity index is 391. The van der Waals surface area contributed by atoms with Crippen molar-refractivity contribution < 1.29 is 14.3 Å². The summed E-state index contributed by atoms with van der Waals surface area (Å²) in [5.41, 5.74) is 0.803. The van der Waals surface area contributed by atoms with Crippen molar-refractivity contribution in [3.8, 4) is 11.5 Å². The Balaban J connectivity index is 2.82. The van der Waals surface area contributed by atoms with Gasteiger partial charge in [-0.3, -0.25) is 10.2 Å². The second kappa shape index (κ2) is 5.75. The third-order valence-electron chi connectivity index (χ3n) is 2.05. The van der Waals surface area contributed by atoms with E-state index >= 15 is 0 Å². The van der Waals surface area contributed by atoms with Crippen molar-refractivity contribution in [2.45, 2.75) is 6.42 Å². The molecule has 16 heavy (non-hydrogen) atoms. The van der Waals surface area contributed by atoms with Gasteiger partial charge in [-0.25, -0.2) is 0 Å². The zero-order valence-corrected chi connectivity index (χ0v) is 9.24. The van der Waals surface area contributed by atoms with Gasteiger partial charge in [-0.2, -0.15) is 0 Å². The molecule has 5 nitrogen and oxygen atoms in total. The van der Waals surface area contributed by atoms with Gasteiger partial charge in [0.2, 0.25) is 5.91 Å². The largest absolute Gasteiger partial charge is 0.493 e. The maximum atomic E-state index is 11.2. The highest BCUT2D eigenvalue weighted by atomic mass is 16.5. The Morgan fingerprint density at radius 3 is 2.62 bits per heavy atom. The van der Waals surface area contributed by atoms with Gasteiger partial charge in [0.1, 0.15) is 0 Å². The van der Waals surface area contributed by atoms with Gasteiger partial charge >= 0.3 is 0 Å². The van der Waals surface area contributed by atoms with E-state index in [0.29, 0.717) is 11.5 Å². The standard InChI is InChI=1S/C11H14N2O3/c1-15-9-4-3-8(5-10(9)16-2)6-11(14)13-7-12/h3-5,7H,6H2,1-2H3,(H2,12,13,14). The van der Waals surface area contributed by atoms with Crippen molar-refractivity contribution in [3.05, 3.63) is 23.8 Å². The maximum Gasteiger partial charge on any atom is 0.229 e. The zero-order chi connectivity index (χ0) is 12.0. The number of benzene rings is 1. The highest BCUT2D eigenvalue weighted by Crippen LogP contribution is 2.27. The third-order valence-corrected chi connectivity index (χ3v) is 2.05. The average molecular weight is 222 g/mol. The molecule has 0 aromatic heterocycles. The Hall–Kier alpha value is -2.04. The van der Waals surface area contributed by atoms with E-state index in [4.69, 9.17) is 14.9 Å². The number of nitrogens with one attached hydrogen (secondary N) is 2. The van der Waals surface area contributed by atoms with Crippen molar-refractivity contribution in [1.29, 1.82) is 5.41 Å². The third kappa shape index (κ3) is 2.98. The molecular weight excluding hydrogens is 208 g/mol. The summed E-state index contributed by atoms with van der Waals surface area (Å²) in [5, 5.41) is 9.03. The lowest BCUT2D eigenvalue weighted by atomic mass is 10.1. The van der Waals surface area contributed by atoms with Crippen molar-refractivity contribution in [3.63, 3.8) is 0 Å². The Kier molecular flexibility index (Phi) is 4.32. The van der Waals surface area contributed by atoms with Gasteiger partial charge in [-0.1, -0.05) is 6.07 Å². The van der Waals surface area contributed by atoms with E-state index in [2.05, 4.69) is 5.32 Å². The molecule has 1 aromatic carbocycles. The summed E-state index contributed by atoms with van der Waals surface area (Å²) in [6.07, 6.45) is 1.07. The molecule has 1 rings (SSSR count). The van der Waals surface area contributed by atoms with Crippen LogP contribution in [0.3, 0.4) is 0 Å². The van der Waals surface area contributed by atoms with Crippen molar-refractivity contribution >= 4 is 12.2 Å². The summed E-state index contributed by atoms with van der Waals surface area (Å²) in [5.74, 6) is 0.976. The smallest absolute Gasteiger partial charge is 0.229 e. The van der Waals surface area contributed by atoms with Crippen LogP contribution in [0.25, 0.3) is 0 Å². The molecule has 0 fully saturated rings. The van der Waals surface area contributed by atoms with Crippen LogP contribution >= 0.6 is 0 Å². The van der Waals surface area contributed by atoms with Crippen LogP contribution < -0.4 is 14.8 Å². The zero-order valence-electron chi connectivity index (χ0n) is 9.24. The Morgan fingerprint density at radius 2 is 2.06 bits per heavy atom. The average Bonchev–Trinajstić information content (AvgIpc) is 2.29. The number of methoxy groups -OCH3 is 2. The van der Waals surface area contributed by atoms with Crippen molar-refractivity contribution in [1.82, 2.24) is 5.32 Å². The normalized spacial score (nSPS) is 9.38. The van der Waals surface area contributed by atoms with Crippen LogP contribution in [0.4, 0.5) is 0 Å². The lowest BCUT2D eigenvalue weighted by molar-refractivity contribution is -0.118. The highest BCUT2D eigenvalue weighted by Gasteiger charge is 2.07. The molecule has 0 heterocycles. The molecule has 0 aliphatic carbocycles. The first-order chi connectivity index (χ1) is 7.71. The molecule has 1 aromatic rings. The molecule has 0 atom stereocenters. The number of rotatable bonds is 5. The van der Waals surface area contributed by atoms with Crippen LogP contribution in [0, 0.1) is 5.41 Å². The van der Waals surface area contributed by atoms with Gasteiger partial charge in [0, 0.05) is 0 Å². The van der Waals surface area contributed by atoms with Gasteiger partial charge in [-0.15, -0.1) is 0 Å². The second-order valence-electron chi connectivity index (χ2n) is 3.08. The molecule has 0 saturated heterocycles. The summed E-state index contributed by atoms with van der Waals surface area (Å²) < 4.78 is 10.2. The molecule has 0 bridgehead atoms. The van der Waals surface area contributed by atoms with Crippen molar-refractivity contribution in [2.75, 3.05) is 14.2 Å². The number of amides is 1. The number of ether oxygens (including phenoxy) is 2. The predicted octanol–water partition coefficient (Wildman–Crippen LogP) is 0.970. The number of carbonyl (C=O) groups is 1. The summed E-state index contributed by atoms with van der Waals surface area (Å²) >= 11 is 0. The molecule has 0 saturated carbocycles. The molecule has 86 valence electrons. The molecule has 0 aliphatic heterocycles. The van der Waals surface area contributed by atoms with Gasteiger partial charge in [0.15, 0.2) is 11.5 Å². The van der Waals surface area contributed by atoms with Gasteiger partial charge in [0.25, 0.3) is 0 Å². The van der Waals surface area contributed by atoms with E-state index in [9.17, 15) is 4.79 Å². The van der Waals surface area contributed by atoms with E-state index in [0.717, 1.165) is 11.9 Å². The minimum atomic E-state index is -0.234. The molecule has 0 aliphatic rings. The summed E-state index contributed by atoms with van der Waals surface area (Å²) in [7, 11) is 3.10. The molecule has 0 spiro atoms. The van der Waals surface area contributed by atoms with Gasteiger partial charge in [0.05, 0.1) is 27.0 Å². The lowest BCUT2D eigenvalue weighted by Gasteiger charge is -2.08. The van der Waals surface area contributed by atoms with E-state index in [1.807, 2.05) is 0 Å². The van der Waals surface area contributed by atoms with Crippen LogP contribution in [0.5, 0.6) is 11.5 Å². The Labute approximate surface area is 93.9 Å². The van der Waals surface area contributed by atoms with Crippen LogP contribution in [0.15, 0.2) is 18.2 Å². The fraction of sp³-hybridized carbons (Fsp3) is 0.273. The van der Waals surface area contributed by atoms with Gasteiger partial charge < -0.3 is 14.8 Å². The lowest BCUT2D eigenvalue weighted by Crippen LogP contribution is -2.22. The first-order valence-electron chi connectivity index (χ1n) is 4.70. The van der Waals surface area contributed by atoms with E-state index in [1.54, 1.807) is 32.4 Å². The van der Waals surface area contributed by atoms with E-state index < -0.39 is 0 Å². The van der Waals surface area contributed by atoms with E-state index in [1.165, 1.54) is 0 Å². The monoisotopic (exact) mass is 222 g/mol. The summed E-state index contributed by atoms with van der Waals surface area (Å²) in [4.78, 5) is 11.2.